The van der Waals surface area contributed by atoms with Crippen LogP contribution in [0.4, 0.5) is 5.69 Å². The number of hydrogen-bond acceptors (Lipinski definition) is 1. The zero-order valence-corrected chi connectivity index (χ0v) is 30.9. The summed E-state index contributed by atoms with van der Waals surface area (Å²) in [7, 11) is 4.25. The van der Waals surface area contributed by atoms with Crippen LogP contribution in [0.15, 0.2) is 85.2 Å². The lowest BCUT2D eigenvalue weighted by molar-refractivity contribution is -0.767. The number of aromatic nitrogens is 2. The molecule has 3 heteroatoms. The Morgan fingerprint density at radius 2 is 1.56 bits per heavy atom. The molecule has 0 saturated heterocycles. The smallest absolute Gasteiger partial charge is 0.221 e. The lowest BCUT2D eigenvalue weighted by Gasteiger charge is -2.50. The molecule has 0 bridgehead atoms. The zero-order chi connectivity index (χ0) is 34.0. The van der Waals surface area contributed by atoms with Crippen molar-refractivity contribution in [2.75, 3.05) is 19.0 Å². The van der Waals surface area contributed by atoms with Gasteiger partial charge in [0.15, 0.2) is 17.9 Å². The highest BCUT2D eigenvalue weighted by Crippen LogP contribution is 2.58. The minimum atomic E-state index is -0.0905. The van der Waals surface area contributed by atoms with Gasteiger partial charge in [-0.25, -0.2) is 0 Å². The van der Waals surface area contributed by atoms with Crippen LogP contribution in [0.25, 0.3) is 33.3 Å². The topological polar surface area (TPSA) is 11.0 Å². The second-order valence-electron chi connectivity index (χ2n) is 15.6. The molecule has 3 heterocycles. The predicted octanol–water partition coefficient (Wildman–Crippen LogP) is 9.98. The Labute approximate surface area is 289 Å². The van der Waals surface area contributed by atoms with Gasteiger partial charge < -0.3 is 4.90 Å². The number of nitrogens with zero attached hydrogens (tertiary/aromatic N) is 3. The molecule has 1 aliphatic carbocycles. The molecule has 3 aromatic carbocycles. The fraction of sp³-hybridized carbons (Fsp3) is 0.422. The summed E-state index contributed by atoms with van der Waals surface area (Å²) in [5.74, 6) is 0. The highest BCUT2D eigenvalue weighted by Gasteiger charge is 2.61. The lowest BCUT2D eigenvalue weighted by Crippen LogP contribution is -2.69. The van der Waals surface area contributed by atoms with Crippen LogP contribution in [-0.4, -0.2) is 14.1 Å². The maximum atomic E-state index is 2.73. The third-order valence-corrected chi connectivity index (χ3v) is 12.7. The van der Waals surface area contributed by atoms with Crippen LogP contribution in [0, 0.1) is 6.92 Å². The van der Waals surface area contributed by atoms with E-state index in [9.17, 15) is 0 Å². The molecular formula is C45H55N3+2. The van der Waals surface area contributed by atoms with Gasteiger partial charge in [0.2, 0.25) is 11.4 Å². The van der Waals surface area contributed by atoms with E-state index in [4.69, 9.17) is 0 Å². The van der Waals surface area contributed by atoms with Gasteiger partial charge in [0.25, 0.3) is 0 Å². The van der Waals surface area contributed by atoms with E-state index in [0.29, 0.717) is 0 Å². The molecule has 0 spiro atoms. The van der Waals surface area contributed by atoms with E-state index in [1.165, 1.54) is 74.1 Å². The number of unbranched alkanes of at least 4 members (excludes halogenated alkanes) is 1. The van der Waals surface area contributed by atoms with Crippen molar-refractivity contribution in [3.8, 4) is 22.5 Å². The highest BCUT2D eigenvalue weighted by molar-refractivity contribution is 6.01. The Bertz CT molecular complexity index is 2030. The first-order chi connectivity index (χ1) is 23.0. The molecule has 0 fully saturated rings. The van der Waals surface area contributed by atoms with Crippen molar-refractivity contribution >= 4 is 16.5 Å². The molecule has 3 nitrogen and oxygen atoms in total. The SMILES string of the molecule is CCCCc1cc2c3c4[n+](ccc3c1)C(C)(CC)C(CC)(CC[n+]1ccccc1-c1cc(N(C)C)ccc1C)c1cccc(c1-4)C2(C)C. The number of hydrogen-bond donors (Lipinski definition) is 0. The Balaban J connectivity index is 1.42. The molecule has 2 aromatic heterocycles. The molecule has 1 aliphatic heterocycles. The maximum absolute atomic E-state index is 2.73. The molecule has 0 N–H and O–H groups in total. The quantitative estimate of drug-likeness (QED) is 0.139. The monoisotopic (exact) mass is 637 g/mol. The number of anilines is 1. The molecule has 2 aliphatic rings. The minimum absolute atomic E-state index is 0.0479. The summed E-state index contributed by atoms with van der Waals surface area (Å²) in [6, 6.07) is 28.3. The van der Waals surface area contributed by atoms with Gasteiger partial charge in [-0.15, -0.1) is 0 Å². The minimum Gasteiger partial charge on any atom is -0.378 e. The molecular weight excluding hydrogens is 583 g/mol. The van der Waals surface area contributed by atoms with Crippen LogP contribution < -0.4 is 14.0 Å². The van der Waals surface area contributed by atoms with Crippen LogP contribution in [0.1, 0.15) is 101 Å². The number of benzene rings is 3. The second-order valence-corrected chi connectivity index (χ2v) is 15.6. The van der Waals surface area contributed by atoms with E-state index in [1.807, 2.05) is 0 Å². The normalized spacial score (nSPS) is 20.3. The van der Waals surface area contributed by atoms with Gasteiger partial charge in [-0.05, 0) is 77.6 Å². The predicted molar refractivity (Wildman–Crippen MR) is 202 cm³/mol. The molecule has 0 radical (unpaired) electrons. The van der Waals surface area contributed by atoms with Crippen molar-refractivity contribution in [1.82, 2.24) is 0 Å². The van der Waals surface area contributed by atoms with Gasteiger partial charge in [0.05, 0.1) is 21.9 Å². The summed E-state index contributed by atoms with van der Waals surface area (Å²) >= 11 is 0. The summed E-state index contributed by atoms with van der Waals surface area (Å²) in [6.45, 7) is 17.9. The van der Waals surface area contributed by atoms with E-state index in [1.54, 1.807) is 5.56 Å². The van der Waals surface area contributed by atoms with Crippen molar-refractivity contribution < 1.29 is 9.13 Å². The van der Waals surface area contributed by atoms with E-state index in [0.717, 1.165) is 32.2 Å². The average Bonchev–Trinajstić information content (AvgIpc) is 3.09. The van der Waals surface area contributed by atoms with Crippen molar-refractivity contribution in [2.45, 2.75) is 110 Å². The summed E-state index contributed by atoms with van der Waals surface area (Å²) < 4.78 is 5.25. The van der Waals surface area contributed by atoms with E-state index in [2.05, 4.69) is 162 Å². The first-order valence-corrected chi connectivity index (χ1v) is 18.5. The van der Waals surface area contributed by atoms with Gasteiger partial charge >= 0.3 is 0 Å². The maximum Gasteiger partial charge on any atom is 0.221 e. The number of rotatable bonds is 10. The standard InChI is InChI=1S/C45H55N3/c1-10-13-17-32-28-33-23-26-48-42-40(33)38(29-32)43(5,6)36-18-16-19-37(41(36)42)45(12-3,44(48,7)11-2)24-27-47-25-15-14-20-39(47)35-30-34(46(8)9)22-21-31(35)4/h14-16,18-23,25-26,28-30H,10-13,17,24,27H2,1-9H3/q+2. The fourth-order valence-electron chi connectivity index (χ4n) is 9.59. The third-order valence-electron chi connectivity index (χ3n) is 12.7. The van der Waals surface area contributed by atoms with Crippen LogP contribution in [0.5, 0.6) is 0 Å². The third kappa shape index (κ3) is 4.60. The molecule has 2 atom stereocenters. The van der Waals surface area contributed by atoms with Crippen molar-refractivity contribution in [3.05, 3.63) is 113 Å². The van der Waals surface area contributed by atoms with Crippen molar-refractivity contribution in [2.24, 2.45) is 0 Å². The highest BCUT2D eigenvalue weighted by atomic mass is 15.1. The average molecular weight is 638 g/mol. The van der Waals surface area contributed by atoms with Gasteiger partial charge in [0.1, 0.15) is 6.54 Å². The molecule has 5 aromatic rings. The molecule has 2 unspecified atom stereocenters. The molecule has 7 rings (SSSR count). The van der Waals surface area contributed by atoms with Crippen LogP contribution in [0.2, 0.25) is 0 Å². The first-order valence-electron chi connectivity index (χ1n) is 18.5. The van der Waals surface area contributed by atoms with E-state index >= 15 is 0 Å². The molecule has 0 saturated carbocycles. The van der Waals surface area contributed by atoms with Gasteiger partial charge in [-0.3, -0.25) is 0 Å². The van der Waals surface area contributed by atoms with Gasteiger partial charge in [-0.2, -0.15) is 9.13 Å². The molecule has 248 valence electrons. The molecule has 48 heavy (non-hydrogen) atoms. The fourth-order valence-corrected chi connectivity index (χ4v) is 9.59. The van der Waals surface area contributed by atoms with E-state index in [-0.39, 0.29) is 16.4 Å². The second kappa shape index (κ2) is 11.9. The van der Waals surface area contributed by atoms with Crippen LogP contribution in [-0.2, 0) is 29.3 Å². The largest absolute Gasteiger partial charge is 0.378 e. The summed E-state index contributed by atoms with van der Waals surface area (Å²) in [4.78, 5) is 2.20. The zero-order valence-electron chi connectivity index (χ0n) is 30.9. The Kier molecular flexibility index (Phi) is 8.05. The summed E-state index contributed by atoms with van der Waals surface area (Å²) in [6.07, 6.45) is 11.6. The van der Waals surface area contributed by atoms with E-state index < -0.39 is 0 Å². The van der Waals surface area contributed by atoms with Crippen molar-refractivity contribution in [1.29, 1.82) is 0 Å². The Morgan fingerprint density at radius 3 is 2.29 bits per heavy atom. The lowest BCUT2D eigenvalue weighted by atomic mass is 9.55. The van der Waals surface area contributed by atoms with Gasteiger partial charge in [-0.1, -0.05) is 77.4 Å². The number of aryl methyl sites for hydroxylation is 3. The van der Waals surface area contributed by atoms with Gasteiger partial charge in [0, 0.05) is 63.2 Å². The number of pyridine rings is 2. The van der Waals surface area contributed by atoms with Crippen molar-refractivity contribution in [3.63, 3.8) is 0 Å². The van der Waals surface area contributed by atoms with Crippen LogP contribution in [0.3, 0.4) is 0 Å². The Morgan fingerprint density at radius 1 is 0.771 bits per heavy atom. The summed E-state index contributed by atoms with van der Waals surface area (Å²) in [5.41, 5.74) is 13.9. The Hall–Kier alpha value is -3.98. The summed E-state index contributed by atoms with van der Waals surface area (Å²) in [5, 5.41) is 2.88. The molecule has 0 amide bonds. The van der Waals surface area contributed by atoms with Crippen LogP contribution >= 0.6 is 0 Å². The first kappa shape index (κ1) is 32.6.